The Morgan fingerprint density at radius 1 is 1.00 bits per heavy atom. The van der Waals surface area contributed by atoms with Crippen LogP contribution in [0.25, 0.3) is 0 Å². The lowest BCUT2D eigenvalue weighted by Gasteiger charge is -2.17. The van der Waals surface area contributed by atoms with E-state index < -0.39 is 5.41 Å². The summed E-state index contributed by atoms with van der Waals surface area (Å²) < 4.78 is 0. The highest BCUT2D eigenvalue weighted by Crippen LogP contribution is 2.23. The molecule has 0 heterocycles. The second-order valence-electron chi connectivity index (χ2n) is 6.76. The molecule has 0 aliphatic carbocycles. The number of nitrogens with one attached hydrogen (secondary N) is 1. The van der Waals surface area contributed by atoms with Crippen LogP contribution in [0.15, 0.2) is 53.4 Å². The number of aryl methyl sites for hydroxylation is 1. The van der Waals surface area contributed by atoms with E-state index in [1.165, 1.54) is 5.56 Å². The van der Waals surface area contributed by atoms with Gasteiger partial charge in [0.2, 0.25) is 5.91 Å². The third-order valence-electron chi connectivity index (χ3n) is 3.60. The molecule has 2 aromatic carbocycles. The molecule has 126 valence electrons. The van der Waals surface area contributed by atoms with Crippen molar-refractivity contribution in [2.24, 2.45) is 5.41 Å². The van der Waals surface area contributed by atoms with Crippen LogP contribution in [0.4, 0.5) is 5.69 Å². The molecule has 2 aromatic rings. The number of Topliss-reactive ketones (excluding diaryl/α,β-unsaturated/α-hetero) is 1. The Bertz CT molecular complexity index is 730. The number of hydrogen-bond acceptors (Lipinski definition) is 3. The van der Waals surface area contributed by atoms with Crippen molar-refractivity contribution in [2.45, 2.75) is 32.6 Å². The second-order valence-corrected chi connectivity index (χ2v) is 7.78. The molecule has 24 heavy (non-hydrogen) atoms. The average molecular weight is 341 g/mol. The fraction of sp³-hybridized carbons (Fsp3) is 0.300. The van der Waals surface area contributed by atoms with Gasteiger partial charge in [-0.05, 0) is 42.8 Å². The maximum absolute atomic E-state index is 12.3. The Morgan fingerprint density at radius 3 is 2.21 bits per heavy atom. The van der Waals surface area contributed by atoms with Gasteiger partial charge in [0.15, 0.2) is 5.78 Å². The molecule has 0 aromatic heterocycles. The summed E-state index contributed by atoms with van der Waals surface area (Å²) in [6, 6.07) is 15.1. The quantitative estimate of drug-likeness (QED) is 0.618. The third kappa shape index (κ3) is 4.96. The Hall–Kier alpha value is -2.07. The van der Waals surface area contributed by atoms with Gasteiger partial charge in [0.05, 0.1) is 5.75 Å². The summed E-state index contributed by atoms with van der Waals surface area (Å²) in [7, 11) is 0. The highest BCUT2D eigenvalue weighted by molar-refractivity contribution is 8.00. The minimum absolute atomic E-state index is 0.0447. The van der Waals surface area contributed by atoms with Gasteiger partial charge in [0.25, 0.3) is 0 Å². The molecule has 0 saturated carbocycles. The summed E-state index contributed by atoms with van der Waals surface area (Å²) in [6.07, 6.45) is 0. The molecule has 0 saturated heterocycles. The predicted molar refractivity (Wildman–Crippen MR) is 101 cm³/mol. The van der Waals surface area contributed by atoms with Gasteiger partial charge in [-0.3, -0.25) is 9.59 Å². The first-order chi connectivity index (χ1) is 11.3. The number of benzene rings is 2. The molecule has 2 rings (SSSR count). The molecule has 0 spiro atoms. The Balaban J connectivity index is 1.96. The first-order valence-electron chi connectivity index (χ1n) is 7.90. The Kier molecular flexibility index (Phi) is 5.84. The van der Waals surface area contributed by atoms with Crippen LogP contribution in [0, 0.1) is 12.3 Å². The highest BCUT2D eigenvalue weighted by atomic mass is 32.2. The van der Waals surface area contributed by atoms with E-state index in [2.05, 4.69) is 5.32 Å². The number of amides is 1. The van der Waals surface area contributed by atoms with Crippen molar-refractivity contribution in [2.75, 3.05) is 11.1 Å². The van der Waals surface area contributed by atoms with Crippen LogP contribution < -0.4 is 5.32 Å². The van der Waals surface area contributed by atoms with Gasteiger partial charge in [0.1, 0.15) is 0 Å². The number of anilines is 1. The maximum atomic E-state index is 12.3. The Labute approximate surface area is 147 Å². The Morgan fingerprint density at radius 2 is 1.62 bits per heavy atom. The zero-order valence-electron chi connectivity index (χ0n) is 14.6. The number of rotatable bonds is 5. The van der Waals surface area contributed by atoms with Crippen LogP contribution >= 0.6 is 11.8 Å². The van der Waals surface area contributed by atoms with Crippen LogP contribution in [-0.4, -0.2) is 17.4 Å². The van der Waals surface area contributed by atoms with Gasteiger partial charge >= 0.3 is 0 Å². The van der Waals surface area contributed by atoms with E-state index in [0.717, 1.165) is 4.90 Å². The van der Waals surface area contributed by atoms with Gasteiger partial charge in [-0.2, -0.15) is 0 Å². The lowest BCUT2D eigenvalue weighted by Crippen LogP contribution is -2.27. The zero-order chi connectivity index (χ0) is 17.7. The number of carbonyl (C=O) groups excluding carboxylic acids is 2. The van der Waals surface area contributed by atoms with E-state index in [4.69, 9.17) is 0 Å². The highest BCUT2D eigenvalue weighted by Gasteiger charge is 2.21. The van der Waals surface area contributed by atoms with Gasteiger partial charge in [-0.1, -0.05) is 39.0 Å². The number of thioether (sulfide) groups is 1. The minimum atomic E-state index is -0.446. The molecule has 0 aliphatic rings. The van der Waals surface area contributed by atoms with E-state index in [1.54, 1.807) is 36.0 Å². The molecule has 0 fully saturated rings. The lowest BCUT2D eigenvalue weighted by molar-refractivity contribution is -0.123. The van der Waals surface area contributed by atoms with Crippen LogP contribution in [-0.2, 0) is 4.79 Å². The third-order valence-corrected chi connectivity index (χ3v) is 4.77. The summed E-state index contributed by atoms with van der Waals surface area (Å²) >= 11 is 1.55. The molecule has 3 nitrogen and oxygen atoms in total. The maximum Gasteiger partial charge on any atom is 0.229 e. The van der Waals surface area contributed by atoms with Crippen molar-refractivity contribution in [1.29, 1.82) is 0 Å². The summed E-state index contributed by atoms with van der Waals surface area (Å²) in [4.78, 5) is 25.4. The minimum Gasteiger partial charge on any atom is -0.326 e. The monoisotopic (exact) mass is 341 g/mol. The second kappa shape index (κ2) is 7.67. The molecule has 0 bridgehead atoms. The van der Waals surface area contributed by atoms with Gasteiger partial charge < -0.3 is 5.32 Å². The topological polar surface area (TPSA) is 46.2 Å². The molecule has 0 unspecified atom stereocenters. The predicted octanol–water partition coefficient (Wildman–Crippen LogP) is 4.95. The lowest BCUT2D eigenvalue weighted by atomic mass is 9.95. The zero-order valence-corrected chi connectivity index (χ0v) is 15.4. The molecule has 4 heteroatoms. The van der Waals surface area contributed by atoms with E-state index in [1.807, 2.05) is 52.0 Å². The van der Waals surface area contributed by atoms with Crippen molar-refractivity contribution < 1.29 is 9.59 Å². The fourth-order valence-electron chi connectivity index (χ4n) is 2.00. The first kappa shape index (κ1) is 18.3. The van der Waals surface area contributed by atoms with E-state index in [9.17, 15) is 9.59 Å². The van der Waals surface area contributed by atoms with Crippen LogP contribution in [0.2, 0.25) is 0 Å². The average Bonchev–Trinajstić information content (AvgIpc) is 2.53. The smallest absolute Gasteiger partial charge is 0.229 e. The molecular weight excluding hydrogens is 318 g/mol. The normalized spacial score (nSPS) is 11.2. The summed E-state index contributed by atoms with van der Waals surface area (Å²) in [5.74, 6) is 0.437. The largest absolute Gasteiger partial charge is 0.326 e. The SMILES string of the molecule is Cc1ccccc1SCC(=O)c1ccc(NC(=O)C(C)(C)C)cc1. The molecule has 0 aliphatic heterocycles. The van der Waals surface area contributed by atoms with Gasteiger partial charge in [-0.15, -0.1) is 11.8 Å². The summed E-state index contributed by atoms with van der Waals surface area (Å²) in [5, 5.41) is 2.86. The van der Waals surface area contributed by atoms with Gasteiger partial charge in [-0.25, -0.2) is 0 Å². The van der Waals surface area contributed by atoms with Crippen molar-refractivity contribution >= 4 is 29.1 Å². The first-order valence-corrected chi connectivity index (χ1v) is 8.89. The van der Waals surface area contributed by atoms with E-state index in [-0.39, 0.29) is 11.7 Å². The van der Waals surface area contributed by atoms with Crippen molar-refractivity contribution in [3.63, 3.8) is 0 Å². The molecular formula is C20H23NO2S. The van der Waals surface area contributed by atoms with E-state index >= 15 is 0 Å². The molecule has 1 N–H and O–H groups in total. The molecule has 0 radical (unpaired) electrons. The standard InChI is InChI=1S/C20H23NO2S/c1-14-7-5-6-8-18(14)24-13-17(22)15-9-11-16(12-10-15)21-19(23)20(2,3)4/h5-12H,13H2,1-4H3,(H,21,23). The van der Waals surface area contributed by atoms with Crippen molar-refractivity contribution in [3.8, 4) is 0 Å². The van der Waals surface area contributed by atoms with E-state index in [0.29, 0.717) is 17.0 Å². The van der Waals surface area contributed by atoms with Crippen LogP contribution in [0.3, 0.4) is 0 Å². The van der Waals surface area contributed by atoms with Crippen LogP contribution in [0.1, 0.15) is 36.7 Å². The number of ketones is 1. The number of carbonyl (C=O) groups is 2. The van der Waals surface area contributed by atoms with Gasteiger partial charge in [0, 0.05) is 21.6 Å². The fourth-order valence-corrected chi connectivity index (χ4v) is 2.93. The molecule has 0 atom stereocenters. The van der Waals surface area contributed by atoms with Crippen molar-refractivity contribution in [1.82, 2.24) is 0 Å². The summed E-state index contributed by atoms with van der Waals surface area (Å²) in [5.41, 5.74) is 2.09. The summed E-state index contributed by atoms with van der Waals surface area (Å²) in [6.45, 7) is 7.63. The van der Waals surface area contributed by atoms with Crippen LogP contribution in [0.5, 0.6) is 0 Å². The molecule has 1 amide bonds. The van der Waals surface area contributed by atoms with Crippen molar-refractivity contribution in [3.05, 3.63) is 59.7 Å². The number of hydrogen-bond donors (Lipinski definition) is 1.